The summed E-state index contributed by atoms with van der Waals surface area (Å²) < 4.78 is 9.53. The number of hydrogen-bond acceptors (Lipinski definition) is 4. The van der Waals surface area contributed by atoms with Crippen molar-refractivity contribution in [2.45, 2.75) is 12.8 Å². The van der Waals surface area contributed by atoms with Gasteiger partial charge >= 0.3 is 0 Å². The Morgan fingerprint density at radius 2 is 0.931 bits per heavy atom. The highest BCUT2D eigenvalue weighted by atomic mass is 32.1. The number of thiophene rings is 1. The number of fused-ring (bicyclic) bond motifs is 8. The molecule has 0 atom stereocenters. The lowest BCUT2D eigenvalue weighted by Gasteiger charge is -2.17. The molecule has 11 rings (SSSR count). The first-order valence-corrected chi connectivity index (χ1v) is 20.5. The molecule has 10 aromatic rings. The average Bonchev–Trinajstić information content (AvgIpc) is 3.65. The summed E-state index contributed by atoms with van der Waals surface area (Å²) in [5.41, 5.74) is 14.3. The van der Waals surface area contributed by atoms with Crippen molar-refractivity contribution in [3.63, 3.8) is 0 Å². The monoisotopic (exact) mass is 760 g/mol. The van der Waals surface area contributed by atoms with E-state index in [2.05, 4.69) is 188 Å². The molecule has 8 aromatic carbocycles. The van der Waals surface area contributed by atoms with E-state index in [9.17, 15) is 0 Å². The average molecular weight is 761 g/mol. The van der Waals surface area contributed by atoms with Crippen LogP contribution in [0.2, 0.25) is 0 Å². The van der Waals surface area contributed by atoms with Crippen LogP contribution in [0.15, 0.2) is 194 Å². The third-order valence-electron chi connectivity index (χ3n) is 11.3. The van der Waals surface area contributed by atoms with Gasteiger partial charge in [0.15, 0.2) is 5.82 Å². The van der Waals surface area contributed by atoms with Gasteiger partial charge in [-0.2, -0.15) is 0 Å². The van der Waals surface area contributed by atoms with Crippen LogP contribution in [0.25, 0.3) is 76.3 Å². The summed E-state index contributed by atoms with van der Waals surface area (Å²) in [6.07, 6.45) is 1.51. The van der Waals surface area contributed by atoms with Crippen LogP contribution in [0, 0.1) is 0 Å². The van der Waals surface area contributed by atoms with Crippen molar-refractivity contribution in [1.29, 1.82) is 0 Å². The number of para-hydroxylation sites is 1. The van der Waals surface area contributed by atoms with E-state index < -0.39 is 0 Å². The molecule has 0 saturated carbocycles. The molecule has 58 heavy (non-hydrogen) atoms. The van der Waals surface area contributed by atoms with Crippen LogP contribution in [-0.4, -0.2) is 9.97 Å². The van der Waals surface area contributed by atoms with Crippen molar-refractivity contribution >= 4 is 31.5 Å². The Kier molecular flexibility index (Phi) is 8.49. The van der Waals surface area contributed by atoms with E-state index in [1.165, 1.54) is 42.4 Å². The Morgan fingerprint density at radius 1 is 0.362 bits per heavy atom. The number of benzene rings is 8. The van der Waals surface area contributed by atoms with E-state index in [0.29, 0.717) is 5.82 Å². The van der Waals surface area contributed by atoms with Crippen LogP contribution >= 0.6 is 11.3 Å². The maximum Gasteiger partial charge on any atom is 0.161 e. The van der Waals surface area contributed by atoms with Crippen molar-refractivity contribution in [1.82, 2.24) is 9.97 Å². The number of ether oxygens (including phenoxy) is 1. The molecule has 2 aromatic heterocycles. The van der Waals surface area contributed by atoms with Gasteiger partial charge in [0.1, 0.15) is 11.5 Å². The number of aromatic nitrogens is 2. The van der Waals surface area contributed by atoms with E-state index in [0.717, 1.165) is 74.7 Å². The zero-order chi connectivity index (χ0) is 38.4. The number of rotatable bonds is 4. The molecular weight excluding hydrogens is 725 g/mol. The molecule has 3 heterocycles. The molecule has 0 N–H and O–H groups in total. The van der Waals surface area contributed by atoms with Crippen LogP contribution in [0.3, 0.4) is 0 Å². The first kappa shape index (κ1) is 34.1. The quantitative estimate of drug-likeness (QED) is 0.179. The summed E-state index contributed by atoms with van der Waals surface area (Å²) in [5, 5.41) is 2.56. The molecule has 0 aliphatic carbocycles. The van der Waals surface area contributed by atoms with Gasteiger partial charge < -0.3 is 4.74 Å². The van der Waals surface area contributed by atoms with Crippen molar-refractivity contribution in [2.75, 3.05) is 0 Å². The largest absolute Gasteiger partial charge is 0.457 e. The lowest BCUT2D eigenvalue weighted by atomic mass is 9.89. The maximum atomic E-state index is 6.99. The van der Waals surface area contributed by atoms with Crippen LogP contribution in [0.5, 0.6) is 11.5 Å². The topological polar surface area (TPSA) is 35.0 Å². The van der Waals surface area contributed by atoms with Crippen LogP contribution < -0.4 is 4.74 Å². The zero-order valence-corrected chi connectivity index (χ0v) is 32.4. The molecule has 0 unspecified atom stereocenters. The minimum atomic E-state index is 0.679. The molecule has 0 bridgehead atoms. The second-order valence-corrected chi connectivity index (χ2v) is 16.0. The normalized spacial score (nSPS) is 12.1. The Hall–Kier alpha value is -7.14. The van der Waals surface area contributed by atoms with E-state index in [1.54, 1.807) is 0 Å². The zero-order valence-electron chi connectivity index (χ0n) is 31.6. The Labute approximate surface area is 341 Å². The maximum absolute atomic E-state index is 6.99. The molecular formula is C54H36N2OS. The van der Waals surface area contributed by atoms with E-state index in [-0.39, 0.29) is 0 Å². The Bertz CT molecular complexity index is 3160. The Morgan fingerprint density at radius 3 is 1.71 bits per heavy atom. The number of hydrogen-bond donors (Lipinski definition) is 0. The van der Waals surface area contributed by atoms with Crippen molar-refractivity contribution < 1.29 is 4.74 Å². The van der Waals surface area contributed by atoms with Crippen molar-refractivity contribution in [3.8, 4) is 67.7 Å². The predicted octanol–water partition coefficient (Wildman–Crippen LogP) is 14.5. The number of nitrogens with zero attached hydrogens (tertiary/aromatic N) is 2. The molecule has 3 nitrogen and oxygen atoms in total. The lowest BCUT2D eigenvalue weighted by Crippen LogP contribution is -1.99. The first-order valence-electron chi connectivity index (χ1n) is 19.7. The van der Waals surface area contributed by atoms with Crippen LogP contribution in [0.1, 0.15) is 22.3 Å². The smallest absolute Gasteiger partial charge is 0.161 e. The van der Waals surface area contributed by atoms with Crippen LogP contribution in [0.4, 0.5) is 0 Å². The third-order valence-corrected chi connectivity index (χ3v) is 12.4. The highest BCUT2D eigenvalue weighted by molar-refractivity contribution is 7.25. The molecule has 1 aliphatic rings. The van der Waals surface area contributed by atoms with E-state index in [4.69, 9.17) is 14.7 Å². The molecule has 4 heteroatoms. The molecule has 0 amide bonds. The van der Waals surface area contributed by atoms with Gasteiger partial charge in [-0.15, -0.1) is 11.3 Å². The third kappa shape index (κ3) is 6.25. The minimum absolute atomic E-state index is 0.679. The van der Waals surface area contributed by atoms with Gasteiger partial charge in [-0.1, -0.05) is 164 Å². The summed E-state index contributed by atoms with van der Waals surface area (Å²) in [7, 11) is 0. The first-order chi connectivity index (χ1) is 28.7. The second-order valence-electron chi connectivity index (χ2n) is 14.9. The van der Waals surface area contributed by atoms with Gasteiger partial charge in [0.05, 0.1) is 11.4 Å². The van der Waals surface area contributed by atoms with Gasteiger partial charge in [0.25, 0.3) is 0 Å². The molecule has 0 fully saturated rings. The Balaban J connectivity index is 1.06. The van der Waals surface area contributed by atoms with Crippen LogP contribution in [-0.2, 0) is 12.8 Å². The van der Waals surface area contributed by atoms with Gasteiger partial charge in [-0.05, 0) is 74.8 Å². The summed E-state index contributed by atoms with van der Waals surface area (Å²) >= 11 is 1.82. The highest BCUT2D eigenvalue weighted by Crippen LogP contribution is 2.42. The van der Waals surface area contributed by atoms with E-state index >= 15 is 0 Å². The summed E-state index contributed by atoms with van der Waals surface area (Å²) in [6, 6.07) is 69.0. The SMILES string of the molecule is c1ccc(-c2cc(-c3ccc4c(c3)sc3ccccc34)nc(-c3ccccc3-c3ccc4c(c3)Oc3ccccc3Cc3ccccc3-c3ccccc3C4)n2)cc1. The standard InChI is InChI=1S/C54H36N2OS/c1-2-14-35(15-3-1)48-34-49(39-28-29-46-45-22-11-13-25-52(45)58-53(46)33-39)56-54(55-48)47-23-10-9-21-44(47)38-26-27-41-31-37-17-5-8-20-43(37)42-19-7-4-16-36(42)30-40-18-6-12-24-50(40)57-51(41)32-38/h1-29,32-34H,30-31H2. The molecule has 274 valence electrons. The second kappa shape index (κ2) is 14.4. The minimum Gasteiger partial charge on any atom is -0.457 e. The van der Waals surface area contributed by atoms with E-state index in [1.807, 2.05) is 17.4 Å². The lowest BCUT2D eigenvalue weighted by molar-refractivity contribution is 0.472. The fourth-order valence-corrected chi connectivity index (χ4v) is 9.55. The van der Waals surface area contributed by atoms with Gasteiger partial charge in [-0.25, -0.2) is 9.97 Å². The van der Waals surface area contributed by atoms with Crippen molar-refractivity contribution in [3.05, 3.63) is 216 Å². The molecule has 0 radical (unpaired) electrons. The van der Waals surface area contributed by atoms with Gasteiger partial charge in [0, 0.05) is 49.7 Å². The molecule has 0 spiro atoms. The summed E-state index contributed by atoms with van der Waals surface area (Å²) in [5.74, 6) is 2.39. The fraction of sp³-hybridized carbons (Fsp3) is 0.0370. The van der Waals surface area contributed by atoms with Gasteiger partial charge in [0.2, 0.25) is 0 Å². The summed E-state index contributed by atoms with van der Waals surface area (Å²) in [6.45, 7) is 0. The molecule has 1 aliphatic heterocycles. The van der Waals surface area contributed by atoms with Crippen molar-refractivity contribution in [2.24, 2.45) is 0 Å². The summed E-state index contributed by atoms with van der Waals surface area (Å²) in [4.78, 5) is 10.6. The fourth-order valence-electron chi connectivity index (χ4n) is 8.40. The molecule has 0 saturated heterocycles. The highest BCUT2D eigenvalue weighted by Gasteiger charge is 2.20. The predicted molar refractivity (Wildman–Crippen MR) is 241 cm³/mol. The van der Waals surface area contributed by atoms with Gasteiger partial charge in [-0.3, -0.25) is 0 Å².